The molecule has 0 unspecified atom stereocenters. The van der Waals surface area contributed by atoms with Crippen molar-refractivity contribution >= 4 is 22.5 Å². The van der Waals surface area contributed by atoms with Crippen LogP contribution < -0.4 is 5.73 Å². The van der Waals surface area contributed by atoms with E-state index in [0.717, 1.165) is 5.52 Å². The average molecular weight is 325 g/mol. The number of hydrogen-bond donors (Lipinski definition) is 2. The number of aromatic hydroxyl groups is 1. The van der Waals surface area contributed by atoms with Gasteiger partial charge in [-0.05, 0) is 29.8 Å². The minimum atomic E-state index is 0.0985. The molecule has 0 amide bonds. The maximum Gasteiger partial charge on any atom is 0.158 e. The van der Waals surface area contributed by atoms with E-state index in [2.05, 4.69) is 17.1 Å². The van der Waals surface area contributed by atoms with E-state index >= 15 is 0 Å². The molecule has 0 aliphatic heterocycles. The van der Waals surface area contributed by atoms with Gasteiger partial charge in [0.25, 0.3) is 0 Å². The number of phenolic OH excluding ortho intramolecular Hbond substituents is 1. The monoisotopic (exact) mass is 325 g/mol. The summed E-state index contributed by atoms with van der Waals surface area (Å²) in [6, 6.07) is 17.9. The van der Waals surface area contributed by atoms with E-state index in [1.807, 2.05) is 24.3 Å². The molecular weight excluding hydrogens is 314 g/mol. The Labute approximate surface area is 142 Å². The maximum atomic E-state index is 9.77. The van der Waals surface area contributed by atoms with Crippen LogP contribution in [0.4, 0.5) is 5.82 Å². The molecule has 4 aromatic rings. The summed E-state index contributed by atoms with van der Waals surface area (Å²) < 4.78 is 1.64. The van der Waals surface area contributed by atoms with Crippen LogP contribution in [-0.2, 0) is 0 Å². The highest BCUT2D eigenvalue weighted by atomic mass is 16.3. The van der Waals surface area contributed by atoms with Gasteiger partial charge in [-0.15, -0.1) is 0 Å². The Hall–Kier alpha value is -4.03. The molecule has 2 aromatic carbocycles. The summed E-state index contributed by atoms with van der Waals surface area (Å²) in [6.07, 6.45) is 0. The molecule has 25 heavy (non-hydrogen) atoms. The van der Waals surface area contributed by atoms with Crippen molar-refractivity contribution in [2.24, 2.45) is 0 Å². The summed E-state index contributed by atoms with van der Waals surface area (Å²) in [5, 5.41) is 29.0. The topological polar surface area (TPSA) is 111 Å². The van der Waals surface area contributed by atoms with Crippen LogP contribution >= 0.6 is 0 Å². The van der Waals surface area contributed by atoms with Gasteiger partial charge in [-0.1, -0.05) is 24.3 Å². The summed E-state index contributed by atoms with van der Waals surface area (Å²) in [4.78, 5) is 4.53. The Balaban J connectivity index is 2.24. The molecule has 0 saturated carbocycles. The van der Waals surface area contributed by atoms with Crippen molar-refractivity contribution in [3.8, 4) is 29.0 Å². The lowest BCUT2D eigenvalue weighted by Gasteiger charge is -2.12. The molecule has 6 nitrogen and oxygen atoms in total. The second-order valence-electron chi connectivity index (χ2n) is 5.54. The summed E-state index contributed by atoms with van der Waals surface area (Å²) >= 11 is 0. The van der Waals surface area contributed by atoms with Gasteiger partial charge in [-0.3, -0.25) is 4.40 Å². The van der Waals surface area contributed by atoms with E-state index in [0.29, 0.717) is 22.3 Å². The lowest BCUT2D eigenvalue weighted by molar-refractivity contribution is 0.475. The zero-order valence-electron chi connectivity index (χ0n) is 12.9. The Morgan fingerprint density at radius 1 is 0.960 bits per heavy atom. The van der Waals surface area contributed by atoms with Crippen molar-refractivity contribution in [2.75, 3.05) is 5.73 Å². The third kappa shape index (κ3) is 1.99. The van der Waals surface area contributed by atoms with Crippen LogP contribution in [0.25, 0.3) is 27.8 Å². The first-order valence-corrected chi connectivity index (χ1v) is 7.48. The van der Waals surface area contributed by atoms with E-state index in [1.54, 1.807) is 16.5 Å². The number of phenols is 1. The van der Waals surface area contributed by atoms with Crippen molar-refractivity contribution in [2.45, 2.75) is 0 Å². The predicted molar refractivity (Wildman–Crippen MR) is 93.6 cm³/mol. The summed E-state index contributed by atoms with van der Waals surface area (Å²) in [5.74, 6) is 0.328. The van der Waals surface area contributed by atoms with Crippen LogP contribution in [0.5, 0.6) is 5.75 Å². The van der Waals surface area contributed by atoms with Gasteiger partial charge in [-0.2, -0.15) is 10.5 Å². The number of para-hydroxylation sites is 2. The molecule has 0 radical (unpaired) electrons. The number of pyridine rings is 1. The van der Waals surface area contributed by atoms with E-state index in [9.17, 15) is 15.6 Å². The van der Waals surface area contributed by atoms with Crippen molar-refractivity contribution in [3.63, 3.8) is 0 Å². The number of rotatable bonds is 1. The number of nitrogen functional groups attached to an aromatic ring is 1. The van der Waals surface area contributed by atoms with Gasteiger partial charge in [0.1, 0.15) is 34.8 Å². The van der Waals surface area contributed by atoms with Crippen LogP contribution in [-0.4, -0.2) is 14.5 Å². The van der Waals surface area contributed by atoms with Gasteiger partial charge in [0.15, 0.2) is 5.65 Å². The number of nitrogens with zero attached hydrogens (tertiary/aromatic N) is 4. The van der Waals surface area contributed by atoms with Gasteiger partial charge in [0.2, 0.25) is 0 Å². The zero-order chi connectivity index (χ0) is 17.6. The van der Waals surface area contributed by atoms with Crippen molar-refractivity contribution in [1.82, 2.24) is 9.38 Å². The molecular formula is C19H11N5O. The normalized spacial score (nSPS) is 10.6. The largest absolute Gasteiger partial charge is 0.508 e. The standard InChI is InChI=1S/C19H11N5O/c20-9-13-17(11-5-7-12(25)8-6-11)14(10-21)19-23-15-3-1-2-4-16(15)24(19)18(13)22/h1-8,25H,22H2. The molecule has 2 heterocycles. The molecule has 0 saturated heterocycles. The summed E-state index contributed by atoms with van der Waals surface area (Å²) in [6.45, 7) is 0. The fourth-order valence-electron chi connectivity index (χ4n) is 3.05. The lowest BCUT2D eigenvalue weighted by atomic mass is 9.96. The number of hydrogen-bond acceptors (Lipinski definition) is 5. The Morgan fingerprint density at radius 2 is 1.64 bits per heavy atom. The molecule has 118 valence electrons. The number of fused-ring (bicyclic) bond motifs is 3. The Bertz CT molecular complexity index is 1220. The van der Waals surface area contributed by atoms with Crippen LogP contribution in [0.1, 0.15) is 11.1 Å². The molecule has 0 atom stereocenters. The second kappa shape index (κ2) is 5.26. The van der Waals surface area contributed by atoms with Crippen LogP contribution in [0.3, 0.4) is 0 Å². The molecule has 0 aliphatic carbocycles. The number of anilines is 1. The third-order valence-electron chi connectivity index (χ3n) is 4.16. The molecule has 0 spiro atoms. The fourth-order valence-corrected chi connectivity index (χ4v) is 3.05. The molecule has 3 N–H and O–H groups in total. The minimum absolute atomic E-state index is 0.0985. The molecule has 2 aromatic heterocycles. The van der Waals surface area contributed by atoms with Crippen molar-refractivity contribution in [3.05, 3.63) is 59.7 Å². The highest BCUT2D eigenvalue weighted by molar-refractivity contribution is 5.92. The fraction of sp³-hybridized carbons (Fsp3) is 0. The van der Waals surface area contributed by atoms with Gasteiger partial charge < -0.3 is 10.8 Å². The van der Waals surface area contributed by atoms with Gasteiger partial charge in [-0.25, -0.2) is 4.98 Å². The number of benzene rings is 2. The molecule has 0 bridgehead atoms. The zero-order valence-corrected chi connectivity index (χ0v) is 12.9. The van der Waals surface area contributed by atoms with Crippen molar-refractivity contribution in [1.29, 1.82) is 10.5 Å². The molecule has 0 aliphatic rings. The first kappa shape index (κ1) is 14.6. The first-order chi connectivity index (χ1) is 12.2. The van der Waals surface area contributed by atoms with E-state index in [-0.39, 0.29) is 22.7 Å². The maximum absolute atomic E-state index is 9.77. The molecule has 6 heteroatoms. The molecule has 0 fully saturated rings. The van der Waals surface area contributed by atoms with E-state index < -0.39 is 0 Å². The smallest absolute Gasteiger partial charge is 0.158 e. The Kier molecular flexibility index (Phi) is 3.06. The van der Waals surface area contributed by atoms with Crippen LogP contribution in [0, 0.1) is 22.7 Å². The lowest BCUT2D eigenvalue weighted by Crippen LogP contribution is -2.05. The number of aromatic nitrogens is 2. The number of imidazole rings is 1. The predicted octanol–water partition coefficient (Wildman–Crippen LogP) is 3.19. The van der Waals surface area contributed by atoms with E-state index in [4.69, 9.17) is 5.73 Å². The van der Waals surface area contributed by atoms with Gasteiger partial charge in [0.05, 0.1) is 11.0 Å². The van der Waals surface area contributed by atoms with Gasteiger partial charge in [0, 0.05) is 5.56 Å². The van der Waals surface area contributed by atoms with E-state index in [1.165, 1.54) is 12.1 Å². The van der Waals surface area contributed by atoms with Gasteiger partial charge >= 0.3 is 0 Å². The summed E-state index contributed by atoms with van der Waals surface area (Å²) in [7, 11) is 0. The second-order valence-corrected chi connectivity index (χ2v) is 5.54. The van der Waals surface area contributed by atoms with Crippen LogP contribution in [0.15, 0.2) is 48.5 Å². The third-order valence-corrected chi connectivity index (χ3v) is 4.16. The average Bonchev–Trinajstić information content (AvgIpc) is 3.02. The number of nitriles is 2. The SMILES string of the molecule is N#Cc1c(-c2ccc(O)cc2)c(C#N)c2nc3ccccc3n2c1N. The quantitative estimate of drug-likeness (QED) is 0.558. The van der Waals surface area contributed by atoms with Crippen LogP contribution in [0.2, 0.25) is 0 Å². The van der Waals surface area contributed by atoms with Crippen molar-refractivity contribution < 1.29 is 5.11 Å². The molecule has 4 rings (SSSR count). The number of nitrogens with two attached hydrogens (primary N) is 1. The Morgan fingerprint density at radius 3 is 2.32 bits per heavy atom. The highest BCUT2D eigenvalue weighted by Crippen LogP contribution is 2.36. The summed E-state index contributed by atoms with van der Waals surface area (Å²) in [5.41, 5.74) is 9.62. The first-order valence-electron chi connectivity index (χ1n) is 7.48. The minimum Gasteiger partial charge on any atom is -0.508 e. The highest BCUT2D eigenvalue weighted by Gasteiger charge is 2.22.